The van der Waals surface area contributed by atoms with Gasteiger partial charge in [-0.05, 0) is 51.9 Å². The fourth-order valence-corrected chi connectivity index (χ4v) is 3.80. The van der Waals surface area contributed by atoms with Gasteiger partial charge < -0.3 is 9.64 Å². The molecule has 1 aromatic rings. The van der Waals surface area contributed by atoms with Crippen LogP contribution in [0.4, 0.5) is 0 Å². The summed E-state index contributed by atoms with van der Waals surface area (Å²) < 4.78 is 31.2. The van der Waals surface area contributed by atoms with Crippen molar-refractivity contribution in [2.24, 2.45) is 0 Å². The Bertz CT molecular complexity index is 772. The van der Waals surface area contributed by atoms with Crippen LogP contribution < -0.4 is 4.72 Å². The molecule has 27 heavy (non-hydrogen) atoms. The first kappa shape index (κ1) is 23.4. The molecule has 9 heteroatoms. The third-order valence-electron chi connectivity index (χ3n) is 4.47. The lowest BCUT2D eigenvalue weighted by Crippen LogP contribution is -2.46. The van der Waals surface area contributed by atoms with E-state index in [9.17, 15) is 18.0 Å². The van der Waals surface area contributed by atoms with E-state index in [1.807, 2.05) is 27.7 Å². The highest BCUT2D eigenvalue weighted by atomic mass is 35.5. The number of ether oxygens (including phenoxy) is 1. The first-order valence-corrected chi connectivity index (χ1v) is 10.7. The Balaban J connectivity index is 2.94. The van der Waals surface area contributed by atoms with Crippen LogP contribution in [0.5, 0.6) is 0 Å². The summed E-state index contributed by atoms with van der Waals surface area (Å²) in [7, 11) is -2.58. The predicted octanol–water partition coefficient (Wildman–Crippen LogP) is 2.83. The van der Waals surface area contributed by atoms with Crippen molar-refractivity contribution in [1.82, 2.24) is 9.62 Å². The van der Waals surface area contributed by atoms with Gasteiger partial charge in [-0.2, -0.15) is 0 Å². The molecule has 0 saturated carbocycles. The van der Waals surface area contributed by atoms with Crippen LogP contribution in [0.3, 0.4) is 0 Å². The van der Waals surface area contributed by atoms with Crippen LogP contribution in [-0.4, -0.2) is 50.9 Å². The summed E-state index contributed by atoms with van der Waals surface area (Å²) in [6, 6.07) is 3.82. The number of nitrogens with one attached hydrogen (secondary N) is 1. The van der Waals surface area contributed by atoms with E-state index in [1.54, 1.807) is 4.90 Å². The average Bonchev–Trinajstić information content (AvgIpc) is 2.65. The molecule has 0 radical (unpaired) electrons. The number of rotatable bonds is 9. The first-order valence-electron chi connectivity index (χ1n) is 8.80. The van der Waals surface area contributed by atoms with Crippen LogP contribution in [-0.2, 0) is 19.6 Å². The van der Waals surface area contributed by atoms with Gasteiger partial charge in [-0.1, -0.05) is 25.4 Å². The summed E-state index contributed by atoms with van der Waals surface area (Å²) in [5.41, 5.74) is -0.000319. The maximum absolute atomic E-state index is 12.5. The SMILES string of the molecule is CC[C@@H](C)N(C(=O)COC(=O)c1ccc(Cl)c(S(=O)(=O)NC)c1)[C@@H](C)CC. The van der Waals surface area contributed by atoms with Gasteiger partial charge in [0.1, 0.15) is 4.90 Å². The lowest BCUT2D eigenvalue weighted by atomic mass is 10.1. The number of esters is 1. The molecule has 0 aliphatic rings. The van der Waals surface area contributed by atoms with Crippen molar-refractivity contribution in [3.63, 3.8) is 0 Å². The summed E-state index contributed by atoms with van der Waals surface area (Å²) in [6.45, 7) is 7.44. The number of carbonyl (C=O) groups is 2. The maximum Gasteiger partial charge on any atom is 0.338 e. The van der Waals surface area contributed by atoms with Crippen LogP contribution in [0.2, 0.25) is 5.02 Å². The molecule has 2 atom stereocenters. The van der Waals surface area contributed by atoms with Gasteiger partial charge in [0.2, 0.25) is 10.0 Å². The van der Waals surface area contributed by atoms with Gasteiger partial charge in [-0.15, -0.1) is 0 Å². The summed E-state index contributed by atoms with van der Waals surface area (Å²) >= 11 is 5.90. The Hall–Kier alpha value is -1.64. The zero-order valence-corrected chi connectivity index (χ0v) is 17.9. The number of hydrogen-bond donors (Lipinski definition) is 1. The number of carbonyl (C=O) groups excluding carboxylic acids is 2. The highest BCUT2D eigenvalue weighted by molar-refractivity contribution is 7.89. The molecule has 152 valence electrons. The van der Waals surface area contributed by atoms with Crippen LogP contribution >= 0.6 is 11.6 Å². The fourth-order valence-electron chi connectivity index (χ4n) is 2.55. The Morgan fingerprint density at radius 3 is 2.22 bits per heavy atom. The Morgan fingerprint density at radius 1 is 1.19 bits per heavy atom. The molecule has 1 rings (SSSR count). The molecule has 0 bridgehead atoms. The van der Waals surface area contributed by atoms with Gasteiger partial charge in [-0.25, -0.2) is 17.9 Å². The molecule has 0 unspecified atom stereocenters. The van der Waals surface area contributed by atoms with E-state index in [4.69, 9.17) is 16.3 Å². The van der Waals surface area contributed by atoms with E-state index in [0.29, 0.717) is 0 Å². The van der Waals surface area contributed by atoms with Crippen molar-refractivity contribution in [3.05, 3.63) is 28.8 Å². The zero-order valence-electron chi connectivity index (χ0n) is 16.3. The second-order valence-corrected chi connectivity index (χ2v) is 8.51. The van der Waals surface area contributed by atoms with Crippen molar-refractivity contribution in [2.45, 2.75) is 57.5 Å². The van der Waals surface area contributed by atoms with Gasteiger partial charge in [0.25, 0.3) is 5.91 Å². The van der Waals surface area contributed by atoms with Crippen LogP contribution in [0, 0.1) is 0 Å². The molecule has 7 nitrogen and oxygen atoms in total. The minimum Gasteiger partial charge on any atom is -0.452 e. The van der Waals surface area contributed by atoms with Gasteiger partial charge in [0.15, 0.2) is 6.61 Å². The van der Waals surface area contributed by atoms with E-state index < -0.39 is 22.6 Å². The molecule has 1 amide bonds. The monoisotopic (exact) mass is 418 g/mol. The van der Waals surface area contributed by atoms with Crippen molar-refractivity contribution in [1.29, 1.82) is 0 Å². The number of hydrogen-bond acceptors (Lipinski definition) is 5. The van der Waals surface area contributed by atoms with Gasteiger partial charge >= 0.3 is 5.97 Å². The second-order valence-electron chi connectivity index (χ2n) is 6.24. The van der Waals surface area contributed by atoms with E-state index in [1.165, 1.54) is 19.2 Å². The molecule has 1 N–H and O–H groups in total. The van der Waals surface area contributed by atoms with Gasteiger partial charge in [-0.3, -0.25) is 4.79 Å². The van der Waals surface area contributed by atoms with E-state index >= 15 is 0 Å². The smallest absolute Gasteiger partial charge is 0.338 e. The van der Waals surface area contributed by atoms with Gasteiger partial charge in [0, 0.05) is 12.1 Å². The molecule has 0 saturated heterocycles. The number of benzene rings is 1. The molecule has 0 fully saturated rings. The predicted molar refractivity (Wildman–Crippen MR) is 104 cm³/mol. The molecular formula is C18H27ClN2O5S. The summed E-state index contributed by atoms with van der Waals surface area (Å²) in [5, 5.41) is -0.0170. The Kier molecular flexibility index (Phi) is 8.71. The molecule has 1 aromatic carbocycles. The molecule has 0 aromatic heterocycles. The largest absolute Gasteiger partial charge is 0.452 e. The van der Waals surface area contributed by atoms with Crippen molar-refractivity contribution in [3.8, 4) is 0 Å². The van der Waals surface area contributed by atoms with Gasteiger partial charge in [0.05, 0.1) is 10.6 Å². The minimum absolute atomic E-state index is 0.000319. The Labute approximate surface area is 166 Å². The fraction of sp³-hybridized carbons (Fsp3) is 0.556. The third kappa shape index (κ3) is 5.92. The summed E-state index contributed by atoms with van der Waals surface area (Å²) in [4.78, 5) is 26.3. The number of halogens is 1. The normalized spacial score (nSPS) is 13.7. The first-order chi connectivity index (χ1) is 12.6. The second kappa shape index (κ2) is 10.1. The third-order valence-corrected chi connectivity index (χ3v) is 6.37. The summed E-state index contributed by atoms with van der Waals surface area (Å²) in [6.07, 6.45) is 1.57. The molecule has 0 aliphatic heterocycles. The highest BCUT2D eigenvalue weighted by Crippen LogP contribution is 2.23. The molecule has 0 aliphatic carbocycles. The average molecular weight is 419 g/mol. The quantitative estimate of drug-likeness (QED) is 0.622. The maximum atomic E-state index is 12.5. The Morgan fingerprint density at radius 2 is 1.74 bits per heavy atom. The van der Waals surface area contributed by atoms with E-state index in [2.05, 4.69) is 4.72 Å². The topological polar surface area (TPSA) is 92.8 Å². The standard InChI is InChI=1S/C18H27ClN2O5S/c1-6-12(3)21(13(4)7-2)17(22)11-26-18(23)14-8-9-15(19)16(10-14)27(24,25)20-5/h8-10,12-13,20H,6-7,11H2,1-5H3/t12-,13+. The number of sulfonamides is 1. The number of amides is 1. The van der Waals surface area contributed by atoms with Crippen molar-refractivity contribution in [2.75, 3.05) is 13.7 Å². The lowest BCUT2D eigenvalue weighted by molar-refractivity contribution is -0.139. The van der Waals surface area contributed by atoms with Crippen molar-refractivity contribution < 1.29 is 22.7 Å². The van der Waals surface area contributed by atoms with E-state index in [0.717, 1.165) is 18.9 Å². The van der Waals surface area contributed by atoms with Crippen LogP contribution in [0.25, 0.3) is 0 Å². The minimum atomic E-state index is -3.82. The van der Waals surface area contributed by atoms with Crippen molar-refractivity contribution >= 4 is 33.5 Å². The molecule has 0 spiro atoms. The van der Waals surface area contributed by atoms with Crippen LogP contribution in [0.1, 0.15) is 50.9 Å². The lowest BCUT2D eigenvalue weighted by Gasteiger charge is -2.33. The highest BCUT2D eigenvalue weighted by Gasteiger charge is 2.25. The summed E-state index contributed by atoms with van der Waals surface area (Å²) in [5.74, 6) is -1.08. The zero-order chi connectivity index (χ0) is 20.8. The van der Waals surface area contributed by atoms with E-state index in [-0.39, 0.29) is 33.5 Å². The van der Waals surface area contributed by atoms with Crippen LogP contribution in [0.15, 0.2) is 23.1 Å². The molecular weight excluding hydrogens is 392 g/mol. The number of nitrogens with zero attached hydrogens (tertiary/aromatic N) is 1. The molecule has 0 heterocycles.